The molecule has 0 bridgehead atoms. The van der Waals surface area contributed by atoms with Crippen LogP contribution in [-0.4, -0.2) is 41.7 Å². The third-order valence-electron chi connectivity index (χ3n) is 3.29. The van der Waals surface area contributed by atoms with Crippen molar-refractivity contribution in [1.29, 1.82) is 0 Å². The molecule has 0 aliphatic heterocycles. The highest BCUT2D eigenvalue weighted by Crippen LogP contribution is 2.13. The van der Waals surface area contributed by atoms with Crippen LogP contribution in [0.1, 0.15) is 42.1 Å². The van der Waals surface area contributed by atoms with Gasteiger partial charge in [0.1, 0.15) is 11.8 Å². The number of aliphatic carboxylic acids is 1. The maximum Gasteiger partial charge on any atom is 0.327 e. The first kappa shape index (κ1) is 19.1. The van der Waals surface area contributed by atoms with E-state index < -0.39 is 33.8 Å². The van der Waals surface area contributed by atoms with Crippen molar-refractivity contribution in [3.05, 3.63) is 35.4 Å². The van der Waals surface area contributed by atoms with Gasteiger partial charge < -0.3 is 10.4 Å². The molecule has 3 N–H and O–H groups in total. The molecule has 0 fully saturated rings. The summed E-state index contributed by atoms with van der Waals surface area (Å²) in [4.78, 5) is 23.3. The molecule has 0 aliphatic carbocycles. The fraction of sp³-hybridized carbons (Fsp3) is 0.467. The Morgan fingerprint density at radius 2 is 1.87 bits per heavy atom. The number of carboxylic acid groups (broad SMARTS) is 1. The summed E-state index contributed by atoms with van der Waals surface area (Å²) in [6.45, 7) is 2.06. The Kier molecular flexibility index (Phi) is 7.18. The van der Waals surface area contributed by atoms with Crippen molar-refractivity contribution < 1.29 is 27.7 Å². The van der Waals surface area contributed by atoms with Crippen LogP contribution in [-0.2, 0) is 21.3 Å². The largest absolute Gasteiger partial charge is 0.480 e. The van der Waals surface area contributed by atoms with Gasteiger partial charge in [0.05, 0.1) is 0 Å². The van der Waals surface area contributed by atoms with Crippen LogP contribution in [0.4, 0.5) is 0 Å². The highest BCUT2D eigenvalue weighted by molar-refractivity contribution is 7.85. The van der Waals surface area contributed by atoms with E-state index in [1.807, 2.05) is 0 Å². The average molecular weight is 343 g/mol. The van der Waals surface area contributed by atoms with Gasteiger partial charge in [-0.25, -0.2) is 4.79 Å². The Balaban J connectivity index is 2.89. The summed E-state index contributed by atoms with van der Waals surface area (Å²) in [5, 5.41) is 11.1. The maximum atomic E-state index is 12.2. The van der Waals surface area contributed by atoms with Crippen LogP contribution in [0.5, 0.6) is 0 Å². The van der Waals surface area contributed by atoms with Crippen molar-refractivity contribution in [2.75, 3.05) is 5.75 Å². The van der Waals surface area contributed by atoms with Crippen molar-refractivity contribution in [3.8, 4) is 0 Å². The molecule has 1 aromatic carbocycles. The summed E-state index contributed by atoms with van der Waals surface area (Å²) in [5.74, 6) is -3.28. The second-order valence-corrected chi connectivity index (χ2v) is 6.72. The average Bonchev–Trinajstić information content (AvgIpc) is 2.45. The highest BCUT2D eigenvalue weighted by atomic mass is 32.2. The molecule has 7 nitrogen and oxygen atoms in total. The number of amides is 1. The predicted octanol–water partition coefficient (Wildman–Crippen LogP) is 1.49. The van der Waals surface area contributed by atoms with Gasteiger partial charge in [-0.2, -0.15) is 8.42 Å². The van der Waals surface area contributed by atoms with Crippen LogP contribution in [0.2, 0.25) is 0 Å². The van der Waals surface area contributed by atoms with Gasteiger partial charge in [0.2, 0.25) is 0 Å². The Labute approximate surface area is 135 Å². The van der Waals surface area contributed by atoms with Crippen molar-refractivity contribution in [2.24, 2.45) is 0 Å². The lowest BCUT2D eigenvalue weighted by Gasteiger charge is -2.15. The zero-order valence-electron chi connectivity index (χ0n) is 12.9. The monoisotopic (exact) mass is 343 g/mol. The van der Waals surface area contributed by atoms with E-state index >= 15 is 0 Å². The number of carbonyl (C=O) groups is 2. The van der Waals surface area contributed by atoms with Gasteiger partial charge in [0.25, 0.3) is 16.0 Å². The molecule has 23 heavy (non-hydrogen) atoms. The second-order valence-electron chi connectivity index (χ2n) is 5.23. The fourth-order valence-corrected chi connectivity index (χ4v) is 2.79. The minimum absolute atomic E-state index is 0.310. The molecule has 128 valence electrons. The molecule has 8 heteroatoms. The number of carbonyl (C=O) groups excluding carboxylic acids is 1. The molecule has 1 atom stereocenters. The van der Waals surface area contributed by atoms with Crippen molar-refractivity contribution in [3.63, 3.8) is 0 Å². The fourth-order valence-electron chi connectivity index (χ4n) is 2.15. The van der Waals surface area contributed by atoms with E-state index in [0.29, 0.717) is 12.0 Å². The number of rotatable bonds is 9. The predicted molar refractivity (Wildman–Crippen MR) is 85.0 cm³/mol. The molecule has 0 radical (unpaired) electrons. The number of nitrogens with one attached hydrogen (secondary N) is 1. The number of aryl methyl sites for hydroxylation is 1. The first-order valence-corrected chi connectivity index (χ1v) is 8.92. The summed E-state index contributed by atoms with van der Waals surface area (Å²) >= 11 is 0. The second kappa shape index (κ2) is 8.64. The van der Waals surface area contributed by atoms with Crippen LogP contribution in [0, 0.1) is 0 Å². The van der Waals surface area contributed by atoms with E-state index in [1.54, 1.807) is 24.3 Å². The van der Waals surface area contributed by atoms with E-state index in [4.69, 9.17) is 9.66 Å². The molecule has 0 saturated heterocycles. The molecule has 0 aromatic heterocycles. The zero-order chi connectivity index (χ0) is 17.5. The van der Waals surface area contributed by atoms with E-state index in [-0.39, 0.29) is 0 Å². The standard InChI is InChI=1S/C15H21NO6S/c1-2-3-4-7-11-8-5-6-9-12(11)14(17)16-13(15(18)19)10-23(20,21)22/h5-6,8-9,13H,2-4,7,10H2,1H3,(H,16,17)(H,18,19)(H,20,21,22). The highest BCUT2D eigenvalue weighted by Gasteiger charge is 2.26. The first-order valence-electron chi connectivity index (χ1n) is 7.31. The molecule has 0 heterocycles. The molecule has 0 saturated carbocycles. The van der Waals surface area contributed by atoms with Gasteiger partial charge in [-0.3, -0.25) is 9.35 Å². The summed E-state index contributed by atoms with van der Waals surface area (Å²) in [6, 6.07) is 5.06. The van der Waals surface area contributed by atoms with Gasteiger partial charge in [-0.15, -0.1) is 0 Å². The van der Waals surface area contributed by atoms with Crippen LogP contribution in [0.3, 0.4) is 0 Å². The van der Waals surface area contributed by atoms with Gasteiger partial charge in [0.15, 0.2) is 0 Å². The van der Waals surface area contributed by atoms with E-state index in [2.05, 4.69) is 12.2 Å². The number of hydrogen-bond acceptors (Lipinski definition) is 4. The maximum absolute atomic E-state index is 12.2. The van der Waals surface area contributed by atoms with Crippen LogP contribution in [0.25, 0.3) is 0 Å². The number of carboxylic acids is 1. The van der Waals surface area contributed by atoms with Crippen LogP contribution in [0.15, 0.2) is 24.3 Å². The van der Waals surface area contributed by atoms with Crippen LogP contribution < -0.4 is 5.32 Å². The van der Waals surface area contributed by atoms with Gasteiger partial charge in [0, 0.05) is 5.56 Å². The third-order valence-corrected chi connectivity index (χ3v) is 4.05. The Bertz CT molecular complexity index is 656. The van der Waals surface area contributed by atoms with Gasteiger partial charge in [-0.1, -0.05) is 38.0 Å². The quantitative estimate of drug-likeness (QED) is 0.461. The smallest absolute Gasteiger partial charge is 0.327 e. The lowest BCUT2D eigenvalue weighted by molar-refractivity contribution is -0.138. The van der Waals surface area contributed by atoms with Crippen molar-refractivity contribution >= 4 is 22.0 Å². The van der Waals surface area contributed by atoms with E-state index in [0.717, 1.165) is 24.8 Å². The Hall–Kier alpha value is -1.93. The van der Waals surface area contributed by atoms with Crippen molar-refractivity contribution in [2.45, 2.75) is 38.6 Å². The number of benzene rings is 1. The third kappa shape index (κ3) is 6.79. The molecule has 1 unspecified atom stereocenters. The molecule has 1 aromatic rings. The SMILES string of the molecule is CCCCCc1ccccc1C(=O)NC(CS(=O)(=O)O)C(=O)O. The Morgan fingerprint density at radius 3 is 2.43 bits per heavy atom. The van der Waals surface area contributed by atoms with E-state index in [9.17, 15) is 18.0 Å². The molecule has 1 rings (SSSR count). The molecule has 0 aliphatic rings. The summed E-state index contributed by atoms with van der Waals surface area (Å²) in [5.41, 5.74) is 1.08. The van der Waals surface area contributed by atoms with Gasteiger partial charge in [-0.05, 0) is 24.5 Å². The summed E-state index contributed by atoms with van der Waals surface area (Å²) in [6.07, 6.45) is 3.61. The number of hydrogen-bond donors (Lipinski definition) is 3. The molecular weight excluding hydrogens is 322 g/mol. The van der Waals surface area contributed by atoms with Crippen LogP contribution >= 0.6 is 0 Å². The van der Waals surface area contributed by atoms with Crippen molar-refractivity contribution in [1.82, 2.24) is 5.32 Å². The summed E-state index contributed by atoms with van der Waals surface area (Å²) < 4.78 is 30.5. The minimum Gasteiger partial charge on any atom is -0.480 e. The van der Waals surface area contributed by atoms with E-state index in [1.165, 1.54) is 0 Å². The zero-order valence-corrected chi connectivity index (χ0v) is 13.7. The minimum atomic E-state index is -4.52. The first-order chi connectivity index (χ1) is 10.7. The molecule has 1 amide bonds. The molecule has 0 spiro atoms. The lowest BCUT2D eigenvalue weighted by Crippen LogP contribution is -2.45. The number of unbranched alkanes of at least 4 members (excludes halogenated alkanes) is 2. The molecular formula is C15H21NO6S. The topological polar surface area (TPSA) is 121 Å². The lowest BCUT2D eigenvalue weighted by atomic mass is 10.0. The normalized spacial score (nSPS) is 12.6. The summed E-state index contributed by atoms with van der Waals surface area (Å²) in [7, 11) is -4.52. The van der Waals surface area contributed by atoms with Gasteiger partial charge >= 0.3 is 5.97 Å². The Morgan fingerprint density at radius 1 is 1.22 bits per heavy atom.